The average Bonchev–Trinajstić information content (AvgIpc) is 2.69. The number of carbonyl (C=O) groups excluding carboxylic acids is 2. The summed E-state index contributed by atoms with van der Waals surface area (Å²) in [4.78, 5) is 24.1. The van der Waals surface area contributed by atoms with Crippen LogP contribution in [0.4, 0.5) is 4.39 Å². The van der Waals surface area contributed by atoms with Crippen LogP contribution in [0.25, 0.3) is 0 Å². The number of rotatable bonds is 9. The number of hydrogen-bond donors (Lipinski definition) is 1. The largest absolute Gasteiger partial charge is 0.462 e. The lowest BCUT2D eigenvalue weighted by atomic mass is 9.97. The van der Waals surface area contributed by atoms with Gasteiger partial charge in [-0.2, -0.15) is 8.42 Å². The summed E-state index contributed by atoms with van der Waals surface area (Å²) in [5.41, 5.74) is -2.08. The van der Waals surface area contributed by atoms with E-state index < -0.39 is 62.8 Å². The molecule has 0 amide bonds. The van der Waals surface area contributed by atoms with E-state index in [2.05, 4.69) is 0 Å². The highest BCUT2D eigenvalue weighted by Gasteiger charge is 2.41. The van der Waals surface area contributed by atoms with Gasteiger partial charge in [0.05, 0.1) is 25.9 Å². The first-order chi connectivity index (χ1) is 15.3. The fourth-order valence-electron chi connectivity index (χ4n) is 2.20. The Hall–Kier alpha value is -1.46. The molecule has 0 bridgehead atoms. The standard InChI is InChI=1S/C21H27Cl3FNO7S/c1-20(2,3)18(27)31-10-15(17(14(25)9-26)32-19(28)21(4,5)6)33-34(29,30)16-8-12(23)11(22)7-13(16)24/h7-9,14-15,17,26H,10H2,1-6H3/t14-,15?,17+/m1/s1. The van der Waals surface area contributed by atoms with Crippen molar-refractivity contribution in [1.82, 2.24) is 0 Å². The Balaban J connectivity index is 3.47. The van der Waals surface area contributed by atoms with Crippen LogP contribution in [0.15, 0.2) is 17.0 Å². The van der Waals surface area contributed by atoms with Crippen LogP contribution >= 0.6 is 34.8 Å². The van der Waals surface area contributed by atoms with E-state index in [0.29, 0.717) is 6.21 Å². The molecule has 1 N–H and O–H groups in total. The van der Waals surface area contributed by atoms with Gasteiger partial charge in [0.1, 0.15) is 11.5 Å². The van der Waals surface area contributed by atoms with Crippen LogP contribution in [-0.4, -0.2) is 51.6 Å². The van der Waals surface area contributed by atoms with Gasteiger partial charge >= 0.3 is 11.9 Å². The SMILES string of the molecule is CC(C)(C)C(=O)OCC(OS(=O)(=O)c1cc(Cl)c(Cl)cc1Cl)[C@@H](OC(=O)C(C)(C)C)[C@H](F)C=N. The van der Waals surface area contributed by atoms with Gasteiger partial charge in [0.2, 0.25) is 0 Å². The van der Waals surface area contributed by atoms with Crippen molar-refractivity contribution in [3.63, 3.8) is 0 Å². The molecule has 1 aromatic rings. The van der Waals surface area contributed by atoms with Crippen molar-refractivity contribution in [2.75, 3.05) is 6.61 Å². The molecule has 1 rings (SSSR count). The van der Waals surface area contributed by atoms with Crippen LogP contribution in [0.5, 0.6) is 0 Å². The molecule has 34 heavy (non-hydrogen) atoms. The summed E-state index contributed by atoms with van der Waals surface area (Å²) in [6, 6.07) is 2.00. The van der Waals surface area contributed by atoms with Gasteiger partial charge in [-0.05, 0) is 53.7 Å². The minimum atomic E-state index is -4.77. The van der Waals surface area contributed by atoms with Gasteiger partial charge in [0.15, 0.2) is 18.4 Å². The highest BCUT2D eigenvalue weighted by Crippen LogP contribution is 2.33. The van der Waals surface area contributed by atoms with Crippen molar-refractivity contribution in [1.29, 1.82) is 5.41 Å². The van der Waals surface area contributed by atoms with Crippen LogP contribution in [-0.2, 0) is 33.4 Å². The third-order valence-electron chi connectivity index (χ3n) is 4.18. The average molecular weight is 563 g/mol. The van der Waals surface area contributed by atoms with Crippen LogP contribution in [0.1, 0.15) is 41.5 Å². The highest BCUT2D eigenvalue weighted by molar-refractivity contribution is 7.87. The number of ether oxygens (including phenoxy) is 2. The Labute approximate surface area is 213 Å². The predicted molar refractivity (Wildman–Crippen MR) is 127 cm³/mol. The van der Waals surface area contributed by atoms with E-state index in [1.165, 1.54) is 20.8 Å². The van der Waals surface area contributed by atoms with Gasteiger partial charge in [-0.3, -0.25) is 13.8 Å². The number of nitrogens with one attached hydrogen (secondary N) is 1. The molecule has 3 atom stereocenters. The molecule has 1 aromatic carbocycles. The number of carbonyl (C=O) groups is 2. The molecule has 0 aliphatic heterocycles. The summed E-state index contributed by atoms with van der Waals surface area (Å²) < 4.78 is 56.2. The smallest absolute Gasteiger partial charge is 0.311 e. The van der Waals surface area contributed by atoms with E-state index in [9.17, 15) is 22.4 Å². The molecule has 0 spiro atoms. The maximum Gasteiger partial charge on any atom is 0.311 e. The van der Waals surface area contributed by atoms with Gasteiger partial charge in [0.25, 0.3) is 10.1 Å². The van der Waals surface area contributed by atoms with Crippen molar-refractivity contribution in [2.45, 2.75) is 64.8 Å². The zero-order valence-electron chi connectivity index (χ0n) is 19.4. The summed E-state index contributed by atoms with van der Waals surface area (Å²) in [6.45, 7) is 8.30. The Morgan fingerprint density at radius 3 is 1.97 bits per heavy atom. The third-order valence-corrected chi connectivity index (χ3v) is 6.70. The molecular weight excluding hydrogens is 536 g/mol. The van der Waals surface area contributed by atoms with Crippen LogP contribution < -0.4 is 0 Å². The summed E-state index contributed by atoms with van der Waals surface area (Å²) in [6.07, 6.45) is -5.80. The lowest BCUT2D eigenvalue weighted by Gasteiger charge is -2.30. The number of alkyl halides is 1. The molecule has 13 heteroatoms. The minimum Gasteiger partial charge on any atom is -0.462 e. The maximum atomic E-state index is 14.7. The van der Waals surface area contributed by atoms with E-state index in [0.717, 1.165) is 12.1 Å². The molecule has 0 radical (unpaired) electrons. The van der Waals surface area contributed by atoms with Gasteiger partial charge in [-0.15, -0.1) is 0 Å². The van der Waals surface area contributed by atoms with Gasteiger partial charge in [-0.25, -0.2) is 4.39 Å². The van der Waals surface area contributed by atoms with E-state index in [-0.39, 0.29) is 15.1 Å². The summed E-state index contributed by atoms with van der Waals surface area (Å²) in [5.74, 6) is -1.65. The van der Waals surface area contributed by atoms with Crippen molar-refractivity contribution in [3.05, 3.63) is 27.2 Å². The van der Waals surface area contributed by atoms with Crippen LogP contribution in [0.2, 0.25) is 15.1 Å². The number of benzene rings is 1. The van der Waals surface area contributed by atoms with Gasteiger partial charge in [0, 0.05) is 6.21 Å². The van der Waals surface area contributed by atoms with Crippen molar-refractivity contribution >= 4 is 63.1 Å². The first kappa shape index (κ1) is 30.6. The minimum absolute atomic E-state index is 0.0223. The molecule has 192 valence electrons. The molecule has 0 fully saturated rings. The molecule has 0 aromatic heterocycles. The second-order valence-corrected chi connectivity index (χ2v) is 12.1. The van der Waals surface area contributed by atoms with Gasteiger partial charge in [-0.1, -0.05) is 34.8 Å². The van der Waals surface area contributed by atoms with E-state index >= 15 is 0 Å². The predicted octanol–water partition coefficient (Wildman–Crippen LogP) is 5.26. The monoisotopic (exact) mass is 561 g/mol. The Bertz CT molecular complexity index is 1040. The molecule has 8 nitrogen and oxygen atoms in total. The van der Waals surface area contributed by atoms with Crippen LogP contribution in [0, 0.1) is 16.2 Å². The fourth-order valence-corrected chi connectivity index (χ4v) is 4.25. The third kappa shape index (κ3) is 8.34. The topological polar surface area (TPSA) is 120 Å². The number of esters is 2. The van der Waals surface area contributed by atoms with Crippen LogP contribution in [0.3, 0.4) is 0 Å². The molecular formula is C21H27Cl3FNO7S. The normalized spacial score (nSPS) is 15.2. The Morgan fingerprint density at radius 1 is 1.00 bits per heavy atom. The first-order valence-corrected chi connectivity index (χ1v) is 12.5. The Morgan fingerprint density at radius 2 is 1.50 bits per heavy atom. The van der Waals surface area contributed by atoms with Gasteiger partial charge < -0.3 is 14.9 Å². The van der Waals surface area contributed by atoms with E-state index in [4.69, 9.17) is 53.9 Å². The second kappa shape index (κ2) is 11.5. The lowest BCUT2D eigenvalue weighted by Crippen LogP contribution is -2.47. The fraction of sp³-hybridized carbons (Fsp3) is 0.571. The lowest BCUT2D eigenvalue weighted by molar-refractivity contribution is -0.171. The molecule has 0 saturated carbocycles. The molecule has 0 aliphatic rings. The maximum absolute atomic E-state index is 14.7. The second-order valence-electron chi connectivity index (χ2n) is 9.37. The van der Waals surface area contributed by atoms with E-state index in [1.807, 2.05) is 0 Å². The molecule has 0 aliphatic carbocycles. The Kier molecular flexibility index (Phi) is 10.4. The summed E-state index contributed by atoms with van der Waals surface area (Å²) >= 11 is 17.7. The molecule has 1 unspecified atom stereocenters. The van der Waals surface area contributed by atoms with Crippen molar-refractivity contribution in [2.24, 2.45) is 10.8 Å². The highest BCUT2D eigenvalue weighted by atomic mass is 35.5. The van der Waals surface area contributed by atoms with Crippen molar-refractivity contribution in [3.8, 4) is 0 Å². The van der Waals surface area contributed by atoms with Crippen molar-refractivity contribution < 1.29 is 36.1 Å². The summed E-state index contributed by atoms with van der Waals surface area (Å²) in [7, 11) is -4.77. The molecule has 0 saturated heterocycles. The summed E-state index contributed by atoms with van der Waals surface area (Å²) in [5, 5.41) is 6.76. The zero-order chi connectivity index (χ0) is 26.6. The molecule has 0 heterocycles. The van der Waals surface area contributed by atoms with E-state index in [1.54, 1.807) is 20.8 Å². The quantitative estimate of drug-likeness (QED) is 0.189. The zero-order valence-corrected chi connectivity index (χ0v) is 22.5. The first-order valence-electron chi connectivity index (χ1n) is 9.92. The number of halogens is 4. The number of hydrogen-bond acceptors (Lipinski definition) is 8.